The number of pyridine rings is 1. The van der Waals surface area contributed by atoms with Crippen LogP contribution in [0.2, 0.25) is 5.02 Å². The van der Waals surface area contributed by atoms with Crippen LogP contribution in [-0.4, -0.2) is 27.5 Å². The number of hydrogen-bond donors (Lipinski definition) is 1. The molecule has 0 bridgehead atoms. The van der Waals surface area contributed by atoms with E-state index in [-0.39, 0.29) is 17.7 Å². The molecule has 0 amide bonds. The van der Waals surface area contributed by atoms with Crippen molar-refractivity contribution in [3.8, 4) is 0 Å². The van der Waals surface area contributed by atoms with Crippen molar-refractivity contribution < 1.29 is 9.53 Å². The van der Waals surface area contributed by atoms with Crippen LogP contribution in [0.15, 0.2) is 41.5 Å². The van der Waals surface area contributed by atoms with Crippen LogP contribution in [0.5, 0.6) is 0 Å². The summed E-state index contributed by atoms with van der Waals surface area (Å²) in [5, 5.41) is 0.621. The van der Waals surface area contributed by atoms with Gasteiger partial charge in [-0.15, -0.1) is 0 Å². The van der Waals surface area contributed by atoms with Crippen molar-refractivity contribution >= 4 is 28.6 Å². The van der Waals surface area contributed by atoms with E-state index in [1.165, 1.54) is 12.4 Å². The number of nitrogens with one attached hydrogen (secondary N) is 1. The molecule has 2 aromatic heterocycles. The molecule has 0 radical (unpaired) electrons. The highest BCUT2D eigenvalue weighted by atomic mass is 35.5. The third kappa shape index (κ3) is 3.28. The molecule has 0 saturated carbocycles. The SMILES string of the molecule is CCOC(=O)c1c[nH]c2cnc(Cc3cccc(Cl)c3)nc2c1=O. The largest absolute Gasteiger partial charge is 0.462 e. The highest BCUT2D eigenvalue weighted by Gasteiger charge is 2.15. The van der Waals surface area contributed by atoms with Crippen molar-refractivity contribution in [1.82, 2.24) is 15.0 Å². The molecule has 0 atom stereocenters. The number of H-pyrrole nitrogens is 1. The molecule has 122 valence electrons. The second kappa shape index (κ2) is 6.80. The fourth-order valence-corrected chi connectivity index (χ4v) is 2.53. The van der Waals surface area contributed by atoms with Gasteiger partial charge in [0.1, 0.15) is 16.9 Å². The van der Waals surface area contributed by atoms with E-state index >= 15 is 0 Å². The zero-order valence-corrected chi connectivity index (χ0v) is 13.6. The molecule has 6 nitrogen and oxygen atoms in total. The summed E-state index contributed by atoms with van der Waals surface area (Å²) >= 11 is 5.97. The van der Waals surface area contributed by atoms with Crippen LogP contribution in [0.4, 0.5) is 0 Å². The van der Waals surface area contributed by atoms with Gasteiger partial charge in [0.05, 0.1) is 18.3 Å². The molecule has 0 saturated heterocycles. The Morgan fingerprint density at radius 1 is 1.38 bits per heavy atom. The van der Waals surface area contributed by atoms with E-state index in [1.807, 2.05) is 18.2 Å². The van der Waals surface area contributed by atoms with Crippen molar-refractivity contribution in [2.45, 2.75) is 13.3 Å². The van der Waals surface area contributed by atoms with E-state index < -0.39 is 11.4 Å². The summed E-state index contributed by atoms with van der Waals surface area (Å²) in [7, 11) is 0. The van der Waals surface area contributed by atoms with Crippen molar-refractivity contribution in [1.29, 1.82) is 0 Å². The molecule has 0 spiro atoms. The first-order chi connectivity index (χ1) is 11.6. The van der Waals surface area contributed by atoms with Crippen molar-refractivity contribution in [2.75, 3.05) is 6.61 Å². The quantitative estimate of drug-likeness (QED) is 0.736. The summed E-state index contributed by atoms with van der Waals surface area (Å²) in [6.45, 7) is 1.87. The Morgan fingerprint density at radius 2 is 2.21 bits per heavy atom. The fraction of sp³-hybridized carbons (Fsp3) is 0.176. The van der Waals surface area contributed by atoms with Crippen LogP contribution < -0.4 is 5.43 Å². The summed E-state index contributed by atoms with van der Waals surface area (Å²) in [6.07, 6.45) is 3.28. The van der Waals surface area contributed by atoms with E-state index in [0.29, 0.717) is 22.8 Å². The lowest BCUT2D eigenvalue weighted by atomic mass is 10.1. The van der Waals surface area contributed by atoms with Gasteiger partial charge in [-0.2, -0.15) is 0 Å². The lowest BCUT2D eigenvalue weighted by Gasteiger charge is -2.05. The standard InChI is InChI=1S/C17H14ClN3O3/c1-2-24-17(23)12-8-19-13-9-20-14(21-15(13)16(12)22)7-10-4-3-5-11(18)6-10/h3-6,8-9H,2,7H2,1H3,(H,19,22). The Bertz CT molecular complexity index is 969. The van der Waals surface area contributed by atoms with E-state index in [2.05, 4.69) is 15.0 Å². The van der Waals surface area contributed by atoms with Crippen LogP contribution in [0.3, 0.4) is 0 Å². The van der Waals surface area contributed by atoms with E-state index in [0.717, 1.165) is 5.56 Å². The lowest BCUT2D eigenvalue weighted by Crippen LogP contribution is -2.19. The topological polar surface area (TPSA) is 84.9 Å². The third-order valence-electron chi connectivity index (χ3n) is 3.42. The summed E-state index contributed by atoms with van der Waals surface area (Å²) < 4.78 is 4.88. The van der Waals surface area contributed by atoms with Crippen molar-refractivity contribution in [3.05, 3.63) is 68.9 Å². The first-order valence-electron chi connectivity index (χ1n) is 7.37. The van der Waals surface area contributed by atoms with E-state index in [1.54, 1.807) is 13.0 Å². The highest BCUT2D eigenvalue weighted by molar-refractivity contribution is 6.30. The zero-order valence-electron chi connectivity index (χ0n) is 12.9. The Morgan fingerprint density at radius 3 is 2.96 bits per heavy atom. The number of carbonyl (C=O) groups is 1. The summed E-state index contributed by atoms with van der Waals surface area (Å²) in [4.78, 5) is 35.7. The predicted molar refractivity (Wildman–Crippen MR) is 90.4 cm³/mol. The number of halogens is 1. The number of hydrogen-bond acceptors (Lipinski definition) is 5. The van der Waals surface area contributed by atoms with E-state index in [9.17, 15) is 9.59 Å². The summed E-state index contributed by atoms with van der Waals surface area (Å²) in [6, 6.07) is 7.33. The third-order valence-corrected chi connectivity index (χ3v) is 3.65. The first-order valence-corrected chi connectivity index (χ1v) is 7.75. The maximum Gasteiger partial charge on any atom is 0.343 e. The van der Waals surface area contributed by atoms with Crippen LogP contribution in [-0.2, 0) is 11.2 Å². The van der Waals surface area contributed by atoms with Gasteiger partial charge >= 0.3 is 5.97 Å². The number of aromatic nitrogens is 3. The normalized spacial score (nSPS) is 10.8. The molecular formula is C17H14ClN3O3. The second-order valence-corrected chi connectivity index (χ2v) is 5.54. The van der Waals surface area contributed by atoms with E-state index in [4.69, 9.17) is 16.3 Å². The average Bonchev–Trinajstić information content (AvgIpc) is 2.56. The summed E-state index contributed by atoms with van der Waals surface area (Å²) in [5.41, 5.74) is 1.00. The van der Waals surface area contributed by atoms with Crippen LogP contribution in [0, 0.1) is 0 Å². The number of ether oxygens (including phenoxy) is 1. The van der Waals surface area contributed by atoms with Gasteiger partial charge in [0.2, 0.25) is 5.43 Å². The number of fused-ring (bicyclic) bond motifs is 1. The monoisotopic (exact) mass is 343 g/mol. The van der Waals surface area contributed by atoms with Crippen LogP contribution >= 0.6 is 11.6 Å². The molecule has 3 rings (SSSR count). The lowest BCUT2D eigenvalue weighted by molar-refractivity contribution is 0.0524. The van der Waals surface area contributed by atoms with Gasteiger partial charge < -0.3 is 9.72 Å². The Balaban J connectivity index is 2.01. The second-order valence-electron chi connectivity index (χ2n) is 5.11. The number of nitrogens with zero attached hydrogens (tertiary/aromatic N) is 2. The van der Waals surface area contributed by atoms with Crippen molar-refractivity contribution in [3.63, 3.8) is 0 Å². The first kappa shape index (κ1) is 16.1. The zero-order chi connectivity index (χ0) is 17.1. The molecule has 0 aliphatic rings. The van der Waals surface area contributed by atoms with Gasteiger partial charge in [0.25, 0.3) is 0 Å². The fourth-order valence-electron chi connectivity index (χ4n) is 2.32. The number of esters is 1. The predicted octanol–water partition coefficient (Wildman–Crippen LogP) is 2.74. The van der Waals surface area contributed by atoms with Gasteiger partial charge in [-0.3, -0.25) is 4.79 Å². The van der Waals surface area contributed by atoms with Gasteiger partial charge in [0, 0.05) is 17.6 Å². The minimum atomic E-state index is -0.671. The molecule has 0 aliphatic carbocycles. The molecule has 1 N–H and O–H groups in total. The Kier molecular flexibility index (Phi) is 4.57. The molecule has 0 aliphatic heterocycles. The number of rotatable bonds is 4. The van der Waals surface area contributed by atoms with Gasteiger partial charge in [-0.25, -0.2) is 14.8 Å². The molecule has 3 aromatic rings. The van der Waals surface area contributed by atoms with Crippen LogP contribution in [0.1, 0.15) is 28.7 Å². The maximum atomic E-state index is 12.5. The Hall–Kier alpha value is -2.73. The van der Waals surface area contributed by atoms with Gasteiger partial charge in [-0.05, 0) is 24.6 Å². The molecule has 2 heterocycles. The average molecular weight is 344 g/mol. The number of carbonyl (C=O) groups excluding carboxylic acids is 1. The van der Waals surface area contributed by atoms with Gasteiger partial charge in [0.15, 0.2) is 0 Å². The minimum Gasteiger partial charge on any atom is -0.462 e. The molecule has 0 unspecified atom stereocenters. The molecule has 0 fully saturated rings. The molecule has 24 heavy (non-hydrogen) atoms. The molecule has 1 aromatic carbocycles. The highest BCUT2D eigenvalue weighted by Crippen LogP contribution is 2.14. The van der Waals surface area contributed by atoms with Crippen molar-refractivity contribution in [2.24, 2.45) is 0 Å². The molecular weight excluding hydrogens is 330 g/mol. The van der Waals surface area contributed by atoms with Crippen LogP contribution in [0.25, 0.3) is 11.0 Å². The smallest absolute Gasteiger partial charge is 0.343 e. The number of benzene rings is 1. The minimum absolute atomic E-state index is 0.0724. The Labute approximate surface area is 142 Å². The maximum absolute atomic E-state index is 12.5. The van der Waals surface area contributed by atoms with Gasteiger partial charge in [-0.1, -0.05) is 23.7 Å². The summed E-state index contributed by atoms with van der Waals surface area (Å²) in [5.74, 6) is -0.202. The number of aromatic amines is 1. The molecule has 7 heteroatoms.